The molecule has 27 heavy (non-hydrogen) atoms. The summed E-state index contributed by atoms with van der Waals surface area (Å²) in [6.45, 7) is 1.72. The molecular formula is C22H24N2O3. The highest BCUT2D eigenvalue weighted by molar-refractivity contribution is 5.95. The van der Waals surface area contributed by atoms with Crippen LogP contribution in [0.2, 0.25) is 0 Å². The van der Waals surface area contributed by atoms with Crippen LogP contribution in [0, 0.1) is 5.92 Å². The Labute approximate surface area is 159 Å². The Morgan fingerprint density at radius 1 is 1.04 bits per heavy atom. The summed E-state index contributed by atoms with van der Waals surface area (Å²) in [4.78, 5) is 29.8. The second-order valence-electron chi connectivity index (χ2n) is 7.32. The number of rotatable bonds is 4. The van der Waals surface area contributed by atoms with Crippen molar-refractivity contribution in [3.63, 3.8) is 0 Å². The molecule has 3 fully saturated rings. The molecule has 2 atom stereocenters. The smallest absolute Gasteiger partial charge is 0.253 e. The lowest BCUT2D eigenvalue weighted by Crippen LogP contribution is -2.47. The number of fused-ring (bicyclic) bond motifs is 4. The minimum atomic E-state index is -0.102. The number of ether oxygens (including phenoxy) is 1. The van der Waals surface area contributed by atoms with Gasteiger partial charge in [-0.2, -0.15) is 0 Å². The van der Waals surface area contributed by atoms with Crippen LogP contribution >= 0.6 is 0 Å². The molecule has 2 aromatic carbocycles. The topological polar surface area (TPSA) is 49.9 Å². The summed E-state index contributed by atoms with van der Waals surface area (Å²) in [5, 5.41) is 0. The number of nitrogens with zero attached hydrogens (tertiary/aromatic N) is 2. The van der Waals surface area contributed by atoms with Gasteiger partial charge in [0.1, 0.15) is 5.75 Å². The van der Waals surface area contributed by atoms with Gasteiger partial charge in [0.05, 0.1) is 13.0 Å². The second-order valence-corrected chi connectivity index (χ2v) is 7.32. The van der Waals surface area contributed by atoms with Gasteiger partial charge in [0.25, 0.3) is 5.91 Å². The number of hydrogen-bond donors (Lipinski definition) is 0. The van der Waals surface area contributed by atoms with Gasteiger partial charge in [-0.3, -0.25) is 9.59 Å². The molecule has 3 aliphatic rings. The van der Waals surface area contributed by atoms with Crippen LogP contribution in [0.1, 0.15) is 28.8 Å². The molecule has 2 amide bonds. The zero-order valence-electron chi connectivity index (χ0n) is 15.5. The first-order valence-corrected chi connectivity index (χ1v) is 9.43. The van der Waals surface area contributed by atoms with Crippen LogP contribution in [-0.2, 0) is 11.3 Å². The van der Waals surface area contributed by atoms with Crippen LogP contribution in [0.5, 0.6) is 5.75 Å². The maximum Gasteiger partial charge on any atom is 0.253 e. The first-order valence-electron chi connectivity index (χ1n) is 9.43. The van der Waals surface area contributed by atoms with Crippen molar-refractivity contribution in [1.29, 1.82) is 0 Å². The standard InChI is InChI=1S/C22H24N2O3/c1-27-20-11-8-17(9-12-20)21(25)23-14-18-7-10-19(15-23)24(22(18)26)13-16-5-3-2-4-6-16/h2-6,8-9,11-12,18-19H,7,10,13-15H2,1H3. The Morgan fingerprint density at radius 2 is 1.78 bits per heavy atom. The van der Waals surface area contributed by atoms with Crippen molar-refractivity contribution in [2.45, 2.75) is 25.4 Å². The van der Waals surface area contributed by atoms with Crippen LogP contribution in [0.4, 0.5) is 0 Å². The van der Waals surface area contributed by atoms with Gasteiger partial charge in [0, 0.05) is 31.2 Å². The fourth-order valence-corrected chi connectivity index (χ4v) is 4.11. The molecule has 140 valence electrons. The number of hydrogen-bond acceptors (Lipinski definition) is 3. The Balaban J connectivity index is 1.53. The van der Waals surface area contributed by atoms with E-state index >= 15 is 0 Å². The fraction of sp³-hybridized carbons (Fsp3) is 0.364. The van der Waals surface area contributed by atoms with E-state index in [-0.39, 0.29) is 23.8 Å². The predicted octanol–water partition coefficient (Wildman–Crippen LogP) is 2.96. The molecular weight excluding hydrogens is 340 g/mol. The van der Waals surface area contributed by atoms with E-state index in [1.165, 1.54) is 0 Å². The highest BCUT2D eigenvalue weighted by Crippen LogP contribution is 2.31. The number of carbonyl (C=O) groups excluding carboxylic acids is 2. The molecule has 5 rings (SSSR count). The molecule has 0 spiro atoms. The third-order valence-electron chi connectivity index (χ3n) is 5.61. The van der Waals surface area contributed by atoms with Gasteiger partial charge in [-0.05, 0) is 42.7 Å². The molecule has 3 heterocycles. The van der Waals surface area contributed by atoms with E-state index in [0.29, 0.717) is 25.2 Å². The normalized spacial score (nSPS) is 21.9. The van der Waals surface area contributed by atoms with E-state index in [1.54, 1.807) is 31.4 Å². The molecule has 5 heteroatoms. The SMILES string of the molecule is COc1ccc(C(=O)N2CC3CCC(C2)N(Cc2ccccc2)C3=O)cc1. The van der Waals surface area contributed by atoms with Crippen molar-refractivity contribution < 1.29 is 14.3 Å². The van der Waals surface area contributed by atoms with E-state index in [2.05, 4.69) is 0 Å². The van der Waals surface area contributed by atoms with Crippen LogP contribution < -0.4 is 4.74 Å². The van der Waals surface area contributed by atoms with Gasteiger partial charge in [-0.15, -0.1) is 0 Å². The maximum absolute atomic E-state index is 13.0. The Morgan fingerprint density at radius 3 is 2.48 bits per heavy atom. The number of carbonyl (C=O) groups is 2. The quantitative estimate of drug-likeness (QED) is 0.838. The molecule has 0 aromatic heterocycles. The summed E-state index contributed by atoms with van der Waals surface area (Å²) in [6, 6.07) is 17.3. The molecule has 2 bridgehead atoms. The summed E-state index contributed by atoms with van der Waals surface area (Å²) in [5.74, 6) is 0.797. The molecule has 0 aliphatic carbocycles. The lowest BCUT2D eigenvalue weighted by Gasteiger charge is -2.36. The van der Waals surface area contributed by atoms with E-state index in [9.17, 15) is 9.59 Å². The molecule has 2 unspecified atom stereocenters. The average molecular weight is 364 g/mol. The maximum atomic E-state index is 13.0. The van der Waals surface area contributed by atoms with E-state index in [1.807, 2.05) is 40.1 Å². The van der Waals surface area contributed by atoms with E-state index in [0.717, 1.165) is 24.2 Å². The van der Waals surface area contributed by atoms with Crippen molar-refractivity contribution in [2.24, 2.45) is 5.92 Å². The zero-order chi connectivity index (χ0) is 18.8. The third-order valence-corrected chi connectivity index (χ3v) is 5.61. The summed E-state index contributed by atoms with van der Waals surface area (Å²) < 4.78 is 5.17. The average Bonchev–Trinajstić information content (AvgIpc) is 3.01. The molecule has 0 saturated carbocycles. The predicted molar refractivity (Wildman–Crippen MR) is 102 cm³/mol. The molecule has 3 saturated heterocycles. The monoisotopic (exact) mass is 364 g/mol. The Hall–Kier alpha value is -2.82. The van der Waals surface area contributed by atoms with Gasteiger partial charge in [-0.1, -0.05) is 30.3 Å². The largest absolute Gasteiger partial charge is 0.497 e. The molecule has 2 aromatic rings. The highest BCUT2D eigenvalue weighted by atomic mass is 16.5. The fourth-order valence-electron chi connectivity index (χ4n) is 4.11. The van der Waals surface area contributed by atoms with Crippen molar-refractivity contribution in [3.8, 4) is 5.75 Å². The van der Waals surface area contributed by atoms with Crippen molar-refractivity contribution in [2.75, 3.05) is 20.2 Å². The third kappa shape index (κ3) is 3.54. The first kappa shape index (κ1) is 17.6. The lowest BCUT2D eigenvalue weighted by atomic mass is 9.93. The van der Waals surface area contributed by atoms with Crippen LogP contribution in [-0.4, -0.2) is 47.9 Å². The van der Waals surface area contributed by atoms with Crippen molar-refractivity contribution >= 4 is 11.8 Å². The Kier molecular flexibility index (Phi) is 4.84. The first-order chi connectivity index (χ1) is 13.2. The molecule has 3 aliphatic heterocycles. The van der Waals surface area contributed by atoms with Crippen LogP contribution in [0.3, 0.4) is 0 Å². The number of amides is 2. The summed E-state index contributed by atoms with van der Waals surface area (Å²) in [6.07, 6.45) is 1.82. The number of benzene rings is 2. The Bertz CT molecular complexity index is 819. The van der Waals surface area contributed by atoms with Crippen molar-refractivity contribution in [1.82, 2.24) is 9.80 Å². The van der Waals surface area contributed by atoms with Crippen LogP contribution in [0.15, 0.2) is 54.6 Å². The minimum absolute atomic E-state index is 0.0103. The molecule has 0 N–H and O–H groups in total. The second kappa shape index (κ2) is 7.43. The molecule has 5 nitrogen and oxygen atoms in total. The van der Waals surface area contributed by atoms with E-state index < -0.39 is 0 Å². The van der Waals surface area contributed by atoms with Gasteiger partial charge >= 0.3 is 0 Å². The zero-order valence-corrected chi connectivity index (χ0v) is 15.5. The van der Waals surface area contributed by atoms with Gasteiger partial charge in [0.15, 0.2) is 0 Å². The van der Waals surface area contributed by atoms with Gasteiger partial charge in [0.2, 0.25) is 5.91 Å². The van der Waals surface area contributed by atoms with Crippen molar-refractivity contribution in [3.05, 3.63) is 65.7 Å². The van der Waals surface area contributed by atoms with Gasteiger partial charge in [-0.25, -0.2) is 0 Å². The summed E-state index contributed by atoms with van der Waals surface area (Å²) in [7, 11) is 1.61. The summed E-state index contributed by atoms with van der Waals surface area (Å²) >= 11 is 0. The number of methoxy groups -OCH3 is 1. The number of piperidine rings is 1. The lowest BCUT2D eigenvalue weighted by molar-refractivity contribution is -0.140. The van der Waals surface area contributed by atoms with Crippen LogP contribution in [0.25, 0.3) is 0 Å². The summed E-state index contributed by atoms with van der Waals surface area (Å²) in [5.41, 5.74) is 1.77. The molecule has 0 radical (unpaired) electrons. The minimum Gasteiger partial charge on any atom is -0.497 e. The highest BCUT2D eigenvalue weighted by Gasteiger charge is 2.41. The van der Waals surface area contributed by atoms with Gasteiger partial charge < -0.3 is 14.5 Å². The van der Waals surface area contributed by atoms with E-state index in [4.69, 9.17) is 4.74 Å².